The molecule has 3 rings (SSSR count). The lowest BCUT2D eigenvalue weighted by Crippen LogP contribution is -2.21. The van der Waals surface area contributed by atoms with Gasteiger partial charge in [-0.3, -0.25) is 15.4 Å². The zero-order valence-electron chi connectivity index (χ0n) is 13.5. The molecule has 0 unspecified atom stereocenters. The normalized spacial score (nSPS) is 11.9. The highest BCUT2D eigenvalue weighted by molar-refractivity contribution is 7.85. The number of hydrogen-bond donors (Lipinski definition) is 4. The Hall–Kier alpha value is -3.33. The molecule has 9 nitrogen and oxygen atoms in total. The van der Waals surface area contributed by atoms with Gasteiger partial charge in [0, 0.05) is 5.56 Å². The predicted octanol–water partition coefficient (Wildman–Crippen LogP) is 2.44. The average Bonchev–Trinajstić information content (AvgIpc) is 3.05. The second kappa shape index (κ2) is 7.12. The number of fused-ring (bicyclic) bond motifs is 1. The van der Waals surface area contributed by atoms with Crippen LogP contribution in [0.25, 0.3) is 20.8 Å². The number of nitrogens with one attached hydrogen (secondary N) is 2. The molecule has 1 heterocycles. The monoisotopic (exact) mass is 400 g/mol. The smallest absolute Gasteiger partial charge is 0.294 e. The van der Waals surface area contributed by atoms with Crippen LogP contribution in [-0.4, -0.2) is 29.5 Å². The molecule has 136 valence electrons. The second-order valence-corrected chi connectivity index (χ2v) is 7.72. The first kappa shape index (κ1) is 18.5. The van der Waals surface area contributed by atoms with Crippen LogP contribution in [0, 0.1) is 16.7 Å². The van der Waals surface area contributed by atoms with Crippen molar-refractivity contribution in [2.24, 2.45) is 10.8 Å². The van der Waals surface area contributed by atoms with E-state index in [1.54, 1.807) is 6.07 Å². The van der Waals surface area contributed by atoms with E-state index < -0.39 is 16.0 Å². The summed E-state index contributed by atoms with van der Waals surface area (Å²) in [7, 11) is -4.42. The molecule has 5 N–H and O–H groups in total. The SMILES string of the molecule is N#C/C(=N\Nc1ccc(S(=O)(=O)O)cc1-c1nc2ccccc2s1)C(=N)N. The van der Waals surface area contributed by atoms with Crippen LogP contribution < -0.4 is 11.2 Å². The number of nitrogens with zero attached hydrogens (tertiary/aromatic N) is 3. The van der Waals surface area contributed by atoms with Gasteiger partial charge in [0.25, 0.3) is 10.1 Å². The second-order valence-electron chi connectivity index (χ2n) is 5.27. The number of benzene rings is 2. The predicted molar refractivity (Wildman–Crippen MR) is 103 cm³/mol. The molecule has 0 fully saturated rings. The molecule has 0 aliphatic heterocycles. The van der Waals surface area contributed by atoms with Gasteiger partial charge >= 0.3 is 0 Å². The molecule has 1 aromatic heterocycles. The molecule has 0 spiro atoms. The van der Waals surface area contributed by atoms with Crippen molar-refractivity contribution in [3.05, 3.63) is 42.5 Å². The number of hydrazone groups is 1. The van der Waals surface area contributed by atoms with Crippen molar-refractivity contribution < 1.29 is 13.0 Å². The third kappa shape index (κ3) is 3.93. The molecule has 2 aromatic carbocycles. The maximum Gasteiger partial charge on any atom is 0.294 e. The number of aromatic nitrogens is 1. The summed E-state index contributed by atoms with van der Waals surface area (Å²) in [5.41, 5.74) is 8.95. The minimum atomic E-state index is -4.42. The van der Waals surface area contributed by atoms with E-state index in [4.69, 9.17) is 16.4 Å². The lowest BCUT2D eigenvalue weighted by Gasteiger charge is -2.08. The molecular weight excluding hydrogens is 388 g/mol. The van der Waals surface area contributed by atoms with Crippen molar-refractivity contribution in [1.82, 2.24) is 4.98 Å². The highest BCUT2D eigenvalue weighted by Crippen LogP contribution is 2.36. The zero-order valence-corrected chi connectivity index (χ0v) is 15.2. The van der Waals surface area contributed by atoms with Gasteiger partial charge in [0.15, 0.2) is 5.84 Å². The van der Waals surface area contributed by atoms with Crippen molar-refractivity contribution in [2.45, 2.75) is 4.90 Å². The van der Waals surface area contributed by atoms with E-state index in [2.05, 4.69) is 15.5 Å². The van der Waals surface area contributed by atoms with Crippen LogP contribution in [0.2, 0.25) is 0 Å². The Bertz CT molecular complexity index is 1190. The highest BCUT2D eigenvalue weighted by Gasteiger charge is 2.17. The van der Waals surface area contributed by atoms with Gasteiger partial charge in [-0.2, -0.15) is 18.8 Å². The van der Waals surface area contributed by atoms with E-state index in [0.29, 0.717) is 16.3 Å². The molecule has 0 aliphatic carbocycles. The van der Waals surface area contributed by atoms with Gasteiger partial charge in [0.1, 0.15) is 11.1 Å². The van der Waals surface area contributed by atoms with Crippen LogP contribution in [0.1, 0.15) is 0 Å². The summed E-state index contributed by atoms with van der Waals surface area (Å²) in [6, 6.07) is 12.9. The van der Waals surface area contributed by atoms with Crippen LogP contribution in [-0.2, 0) is 10.1 Å². The maximum atomic E-state index is 11.5. The van der Waals surface area contributed by atoms with E-state index >= 15 is 0 Å². The number of amidine groups is 1. The van der Waals surface area contributed by atoms with Gasteiger partial charge in [0.05, 0.1) is 20.8 Å². The number of nitrogens with two attached hydrogens (primary N) is 1. The van der Waals surface area contributed by atoms with Crippen molar-refractivity contribution in [2.75, 3.05) is 5.43 Å². The summed E-state index contributed by atoms with van der Waals surface area (Å²) < 4.78 is 33.2. The van der Waals surface area contributed by atoms with E-state index in [1.165, 1.54) is 29.5 Å². The van der Waals surface area contributed by atoms with Crippen molar-refractivity contribution in [1.29, 1.82) is 10.7 Å². The molecule has 0 radical (unpaired) electrons. The fourth-order valence-electron chi connectivity index (χ4n) is 2.21. The molecule has 0 aliphatic rings. The van der Waals surface area contributed by atoms with Gasteiger partial charge in [-0.25, -0.2) is 4.98 Å². The number of para-hydroxylation sites is 1. The van der Waals surface area contributed by atoms with Crippen molar-refractivity contribution >= 4 is 48.9 Å². The van der Waals surface area contributed by atoms with Gasteiger partial charge in [-0.1, -0.05) is 12.1 Å². The molecule has 3 aromatic rings. The average molecular weight is 400 g/mol. The largest absolute Gasteiger partial charge is 0.382 e. The lowest BCUT2D eigenvalue weighted by atomic mass is 10.2. The highest BCUT2D eigenvalue weighted by atomic mass is 32.2. The summed E-state index contributed by atoms with van der Waals surface area (Å²) in [4.78, 5) is 4.16. The van der Waals surface area contributed by atoms with Gasteiger partial charge in [-0.05, 0) is 30.3 Å². The third-order valence-corrected chi connectivity index (χ3v) is 5.38. The fourth-order valence-corrected chi connectivity index (χ4v) is 3.71. The molecule has 0 saturated heterocycles. The number of nitriles is 1. The standard InChI is InChI=1S/C16H12N6O3S2/c17-8-13(15(18)19)22-21-11-6-5-9(27(23,24)25)7-10(11)16-20-12-3-1-2-4-14(12)26-16/h1-7,21H,(H3,18,19)(H,23,24,25)/b22-13+. The van der Waals surface area contributed by atoms with Crippen LogP contribution in [0.3, 0.4) is 0 Å². The number of rotatable bonds is 5. The summed E-state index contributed by atoms with van der Waals surface area (Å²) in [6.07, 6.45) is 0. The Morgan fingerprint density at radius 2 is 2.07 bits per heavy atom. The zero-order chi connectivity index (χ0) is 19.6. The maximum absolute atomic E-state index is 11.5. The first-order valence-electron chi connectivity index (χ1n) is 7.35. The third-order valence-electron chi connectivity index (χ3n) is 3.46. The van der Waals surface area contributed by atoms with Gasteiger partial charge in [-0.15, -0.1) is 11.3 Å². The lowest BCUT2D eigenvalue weighted by molar-refractivity contribution is 0.483. The molecule has 0 saturated carbocycles. The molecule has 0 amide bonds. The fraction of sp³-hybridized carbons (Fsp3) is 0. The Balaban J connectivity index is 2.16. The van der Waals surface area contributed by atoms with E-state index in [1.807, 2.05) is 24.3 Å². The van der Waals surface area contributed by atoms with E-state index in [-0.39, 0.29) is 10.6 Å². The summed E-state index contributed by atoms with van der Waals surface area (Å²) >= 11 is 1.32. The van der Waals surface area contributed by atoms with Crippen molar-refractivity contribution in [3.8, 4) is 16.6 Å². The van der Waals surface area contributed by atoms with Gasteiger partial charge in [0.2, 0.25) is 5.71 Å². The quantitative estimate of drug-likeness (QED) is 0.221. The topological polar surface area (TPSA) is 165 Å². The summed E-state index contributed by atoms with van der Waals surface area (Å²) in [6.45, 7) is 0. The summed E-state index contributed by atoms with van der Waals surface area (Å²) in [5.74, 6) is -0.513. The molecule has 0 bridgehead atoms. The van der Waals surface area contributed by atoms with E-state index in [0.717, 1.165) is 10.2 Å². The first-order chi connectivity index (χ1) is 12.8. The van der Waals surface area contributed by atoms with E-state index in [9.17, 15) is 13.0 Å². The summed E-state index contributed by atoms with van der Waals surface area (Å²) in [5, 5.41) is 20.5. The Kier molecular flexibility index (Phi) is 4.87. The van der Waals surface area contributed by atoms with Crippen LogP contribution >= 0.6 is 11.3 Å². The number of hydrogen-bond acceptors (Lipinski definition) is 8. The Morgan fingerprint density at radius 1 is 1.33 bits per heavy atom. The van der Waals surface area contributed by atoms with Crippen LogP contribution in [0.4, 0.5) is 5.69 Å². The molecule has 11 heteroatoms. The number of thiazole rings is 1. The van der Waals surface area contributed by atoms with Gasteiger partial charge < -0.3 is 5.73 Å². The minimum Gasteiger partial charge on any atom is -0.382 e. The van der Waals surface area contributed by atoms with Crippen molar-refractivity contribution in [3.63, 3.8) is 0 Å². The molecular formula is C16H12N6O3S2. The first-order valence-corrected chi connectivity index (χ1v) is 9.61. The van der Waals surface area contributed by atoms with Crippen LogP contribution in [0.15, 0.2) is 52.5 Å². The number of anilines is 1. The molecule has 0 atom stereocenters. The van der Waals surface area contributed by atoms with Crippen LogP contribution in [0.5, 0.6) is 0 Å². The Morgan fingerprint density at radius 3 is 2.70 bits per heavy atom. The minimum absolute atomic E-state index is 0.307. The molecule has 27 heavy (non-hydrogen) atoms. The Labute approximate surface area is 158 Å².